The second-order valence-electron chi connectivity index (χ2n) is 6.11. The summed E-state index contributed by atoms with van der Waals surface area (Å²) in [4.78, 5) is 14.4. The number of nitrogens with zero attached hydrogens (tertiary/aromatic N) is 4. The van der Waals surface area contributed by atoms with E-state index in [9.17, 15) is 9.18 Å². The molecule has 1 N–H and O–H groups in total. The quantitative estimate of drug-likeness (QED) is 0.900. The van der Waals surface area contributed by atoms with Gasteiger partial charge in [-0.05, 0) is 30.5 Å². The van der Waals surface area contributed by atoms with Crippen molar-refractivity contribution in [1.82, 2.24) is 25.0 Å². The Balaban J connectivity index is 1.63. The summed E-state index contributed by atoms with van der Waals surface area (Å²) in [5.41, 5.74) is 0.815. The number of benzene rings is 1. The highest BCUT2D eigenvalue weighted by Gasteiger charge is 2.33. The number of likely N-dealkylation sites (tertiary alicyclic amines) is 1. The lowest BCUT2D eigenvalue weighted by Gasteiger charge is -2.25. The van der Waals surface area contributed by atoms with E-state index >= 15 is 0 Å². The molecular formula is C17H22FN5O2. The highest BCUT2D eigenvalue weighted by molar-refractivity contribution is 5.75. The van der Waals surface area contributed by atoms with Crippen LogP contribution in [0.5, 0.6) is 0 Å². The van der Waals surface area contributed by atoms with Crippen molar-refractivity contribution in [3.05, 3.63) is 47.8 Å². The molecule has 0 aliphatic carbocycles. The van der Waals surface area contributed by atoms with Gasteiger partial charge in [0.2, 0.25) is 0 Å². The molecule has 0 radical (unpaired) electrons. The second-order valence-corrected chi connectivity index (χ2v) is 6.11. The standard InChI is InChI=1S/C17H22FN5O2/c1-22-11-20-21-16(22)14-4-3-9-23(14)17(24)19-10-15(25-2)12-5-7-13(18)8-6-12/h5-8,11,14-15H,3-4,9-10H2,1-2H3,(H,19,24)/t14-,15-/m1/s1. The van der Waals surface area contributed by atoms with Crippen molar-refractivity contribution < 1.29 is 13.9 Å². The zero-order chi connectivity index (χ0) is 17.8. The van der Waals surface area contributed by atoms with Gasteiger partial charge in [0.15, 0.2) is 5.82 Å². The molecule has 7 nitrogen and oxygen atoms in total. The van der Waals surface area contributed by atoms with Gasteiger partial charge in [-0.15, -0.1) is 10.2 Å². The van der Waals surface area contributed by atoms with Crippen LogP contribution in [0, 0.1) is 5.82 Å². The third-order valence-electron chi connectivity index (χ3n) is 4.52. The van der Waals surface area contributed by atoms with Crippen molar-refractivity contribution in [3.8, 4) is 0 Å². The molecule has 25 heavy (non-hydrogen) atoms. The number of urea groups is 1. The number of aryl methyl sites for hydroxylation is 1. The zero-order valence-electron chi connectivity index (χ0n) is 14.4. The lowest BCUT2D eigenvalue weighted by molar-refractivity contribution is 0.101. The van der Waals surface area contributed by atoms with Crippen LogP contribution in [-0.2, 0) is 11.8 Å². The number of rotatable bonds is 5. The highest BCUT2D eigenvalue weighted by atomic mass is 19.1. The van der Waals surface area contributed by atoms with Crippen LogP contribution in [0.1, 0.15) is 36.4 Å². The van der Waals surface area contributed by atoms with Crippen LogP contribution in [-0.4, -0.2) is 45.9 Å². The van der Waals surface area contributed by atoms with Crippen molar-refractivity contribution in [2.45, 2.75) is 25.0 Å². The molecule has 3 rings (SSSR count). The second kappa shape index (κ2) is 7.60. The molecule has 1 aromatic carbocycles. The molecular weight excluding hydrogens is 325 g/mol. The number of carbonyl (C=O) groups excluding carboxylic acids is 1. The normalized spacial score (nSPS) is 18.4. The fourth-order valence-electron chi connectivity index (χ4n) is 3.17. The van der Waals surface area contributed by atoms with Crippen LogP contribution in [0.2, 0.25) is 0 Å². The minimum atomic E-state index is -0.333. The monoisotopic (exact) mass is 347 g/mol. The van der Waals surface area contributed by atoms with Crippen LogP contribution >= 0.6 is 0 Å². The minimum Gasteiger partial charge on any atom is -0.375 e. The molecule has 0 spiro atoms. The molecule has 8 heteroatoms. The van der Waals surface area contributed by atoms with Gasteiger partial charge in [0.05, 0.1) is 12.1 Å². The number of aromatic nitrogens is 3. The highest BCUT2D eigenvalue weighted by Crippen LogP contribution is 2.30. The Morgan fingerprint density at radius 3 is 2.84 bits per heavy atom. The maximum atomic E-state index is 13.1. The van der Waals surface area contributed by atoms with E-state index in [-0.39, 0.29) is 24.0 Å². The summed E-state index contributed by atoms with van der Waals surface area (Å²) < 4.78 is 20.3. The van der Waals surface area contributed by atoms with E-state index in [0.717, 1.165) is 24.2 Å². The van der Waals surface area contributed by atoms with Gasteiger partial charge in [0, 0.05) is 27.2 Å². The number of hydrogen-bond donors (Lipinski definition) is 1. The topological polar surface area (TPSA) is 72.3 Å². The molecule has 1 aliphatic heterocycles. The smallest absolute Gasteiger partial charge is 0.318 e. The average molecular weight is 347 g/mol. The van der Waals surface area contributed by atoms with Gasteiger partial charge in [-0.3, -0.25) is 0 Å². The summed E-state index contributed by atoms with van der Waals surface area (Å²) in [6, 6.07) is 5.86. The first-order valence-electron chi connectivity index (χ1n) is 8.26. The van der Waals surface area contributed by atoms with E-state index in [4.69, 9.17) is 4.74 Å². The number of ether oxygens (including phenoxy) is 1. The van der Waals surface area contributed by atoms with E-state index in [1.165, 1.54) is 12.1 Å². The third kappa shape index (κ3) is 3.79. The minimum absolute atomic E-state index is 0.0701. The molecule has 2 atom stereocenters. The predicted octanol–water partition coefficient (Wildman–Crippen LogP) is 2.19. The van der Waals surface area contributed by atoms with Gasteiger partial charge >= 0.3 is 6.03 Å². The molecule has 0 bridgehead atoms. The number of halogens is 1. The fraction of sp³-hybridized carbons (Fsp3) is 0.471. The Bertz CT molecular complexity index is 718. The Hall–Kier alpha value is -2.48. The summed E-state index contributed by atoms with van der Waals surface area (Å²) in [5.74, 6) is 0.487. The maximum Gasteiger partial charge on any atom is 0.318 e. The Kier molecular flexibility index (Phi) is 5.28. The number of amides is 2. The molecule has 2 heterocycles. The van der Waals surface area contributed by atoms with Crippen LogP contribution in [0.4, 0.5) is 9.18 Å². The summed E-state index contributed by atoms with van der Waals surface area (Å²) in [6.45, 7) is 0.987. The molecule has 1 aliphatic rings. The van der Waals surface area contributed by atoms with E-state index in [2.05, 4.69) is 15.5 Å². The number of hydrogen-bond acceptors (Lipinski definition) is 4. The Labute approximate surface area is 145 Å². The fourth-order valence-corrected chi connectivity index (χ4v) is 3.17. The van der Waals surface area contributed by atoms with Crippen LogP contribution in [0.3, 0.4) is 0 Å². The van der Waals surface area contributed by atoms with Crippen molar-refractivity contribution in [2.75, 3.05) is 20.2 Å². The predicted molar refractivity (Wildman–Crippen MR) is 89.2 cm³/mol. The number of nitrogens with one attached hydrogen (secondary N) is 1. The summed E-state index contributed by atoms with van der Waals surface area (Å²) in [6.07, 6.45) is 3.10. The molecule has 2 amide bonds. The molecule has 2 aromatic rings. The van der Waals surface area contributed by atoms with Crippen molar-refractivity contribution in [3.63, 3.8) is 0 Å². The van der Waals surface area contributed by atoms with E-state index < -0.39 is 0 Å². The number of carbonyl (C=O) groups is 1. The van der Waals surface area contributed by atoms with Gasteiger partial charge in [-0.1, -0.05) is 12.1 Å². The van der Waals surface area contributed by atoms with Gasteiger partial charge in [0.1, 0.15) is 12.1 Å². The first-order chi connectivity index (χ1) is 12.1. The maximum absolute atomic E-state index is 13.1. The lowest BCUT2D eigenvalue weighted by Crippen LogP contribution is -2.41. The molecule has 1 fully saturated rings. The Morgan fingerprint density at radius 2 is 2.20 bits per heavy atom. The molecule has 0 saturated carbocycles. The molecule has 0 unspecified atom stereocenters. The first kappa shape index (κ1) is 17.3. The van der Waals surface area contributed by atoms with Crippen molar-refractivity contribution >= 4 is 6.03 Å². The van der Waals surface area contributed by atoms with E-state index in [0.29, 0.717) is 13.1 Å². The van der Waals surface area contributed by atoms with Gasteiger partial charge in [-0.25, -0.2) is 9.18 Å². The average Bonchev–Trinajstić information content (AvgIpc) is 3.25. The third-order valence-corrected chi connectivity index (χ3v) is 4.52. The van der Waals surface area contributed by atoms with Crippen LogP contribution < -0.4 is 5.32 Å². The van der Waals surface area contributed by atoms with Crippen molar-refractivity contribution in [1.29, 1.82) is 0 Å². The molecule has 134 valence electrons. The van der Waals surface area contributed by atoms with Crippen LogP contribution in [0.25, 0.3) is 0 Å². The largest absolute Gasteiger partial charge is 0.375 e. The van der Waals surface area contributed by atoms with E-state index in [1.807, 2.05) is 11.6 Å². The van der Waals surface area contributed by atoms with Gasteiger partial charge in [0.25, 0.3) is 0 Å². The summed E-state index contributed by atoms with van der Waals surface area (Å²) in [7, 11) is 3.44. The van der Waals surface area contributed by atoms with E-state index in [1.54, 1.807) is 30.5 Å². The summed E-state index contributed by atoms with van der Waals surface area (Å²) >= 11 is 0. The van der Waals surface area contributed by atoms with Crippen LogP contribution in [0.15, 0.2) is 30.6 Å². The zero-order valence-corrected chi connectivity index (χ0v) is 14.4. The molecule has 1 aromatic heterocycles. The Morgan fingerprint density at radius 1 is 1.44 bits per heavy atom. The SMILES string of the molecule is CO[C@H](CNC(=O)N1CCC[C@@H]1c1nncn1C)c1ccc(F)cc1. The van der Waals surface area contributed by atoms with Gasteiger partial charge in [-0.2, -0.15) is 0 Å². The first-order valence-corrected chi connectivity index (χ1v) is 8.26. The number of methoxy groups -OCH3 is 1. The molecule has 1 saturated heterocycles. The van der Waals surface area contributed by atoms with Crippen molar-refractivity contribution in [2.24, 2.45) is 7.05 Å². The van der Waals surface area contributed by atoms with Gasteiger partial charge < -0.3 is 19.5 Å². The summed E-state index contributed by atoms with van der Waals surface area (Å²) in [5, 5.41) is 10.9. The lowest BCUT2D eigenvalue weighted by atomic mass is 10.1.